The van der Waals surface area contributed by atoms with Crippen LogP contribution in [0.15, 0.2) is 48.7 Å². The van der Waals surface area contributed by atoms with E-state index in [0.717, 1.165) is 68.6 Å². The first-order chi connectivity index (χ1) is 17.6. The van der Waals surface area contributed by atoms with Crippen LogP contribution in [-0.4, -0.2) is 22.0 Å². The van der Waals surface area contributed by atoms with Crippen molar-refractivity contribution in [3.8, 4) is 0 Å². The third-order valence-electron chi connectivity index (χ3n) is 7.34. The summed E-state index contributed by atoms with van der Waals surface area (Å²) < 4.78 is 2.37. The summed E-state index contributed by atoms with van der Waals surface area (Å²) in [6, 6.07) is 14.6. The van der Waals surface area contributed by atoms with E-state index in [1.54, 1.807) is 0 Å². The van der Waals surface area contributed by atoms with Gasteiger partial charge in [-0.1, -0.05) is 29.8 Å². The van der Waals surface area contributed by atoms with Gasteiger partial charge in [0.15, 0.2) is 0 Å². The number of unbranched alkanes of at least 4 members (excludes halogenated alkanes) is 2. The molecule has 1 aliphatic carbocycles. The predicted molar refractivity (Wildman–Crippen MR) is 150 cm³/mol. The number of nitrogens with one attached hydrogen (secondary N) is 1. The summed E-state index contributed by atoms with van der Waals surface area (Å²) in [6.07, 6.45) is 12.4. The molecule has 1 amide bonds. The van der Waals surface area contributed by atoms with Crippen LogP contribution in [-0.2, 0) is 30.6 Å². The summed E-state index contributed by atoms with van der Waals surface area (Å²) in [4.78, 5) is 16.1. The van der Waals surface area contributed by atoms with Crippen molar-refractivity contribution in [2.45, 2.75) is 70.8 Å². The predicted octanol–water partition coefficient (Wildman–Crippen LogP) is 6.81. The van der Waals surface area contributed by atoms with Crippen molar-refractivity contribution in [1.82, 2.24) is 9.55 Å². The Morgan fingerprint density at radius 1 is 1.03 bits per heavy atom. The lowest BCUT2D eigenvalue weighted by atomic mass is 9.92. The molecule has 3 N–H and O–H groups in total. The molecule has 0 unspecified atom stereocenters. The van der Waals surface area contributed by atoms with Crippen molar-refractivity contribution in [1.29, 1.82) is 0 Å². The van der Waals surface area contributed by atoms with Gasteiger partial charge in [0.1, 0.15) is 0 Å². The number of nitrogens with two attached hydrogens (primary N) is 1. The van der Waals surface area contributed by atoms with Crippen LogP contribution < -0.4 is 11.1 Å². The highest BCUT2D eigenvalue weighted by Crippen LogP contribution is 2.34. The Hall–Kier alpha value is -3.05. The van der Waals surface area contributed by atoms with E-state index in [0.29, 0.717) is 6.42 Å². The number of aromatic nitrogens is 2. The van der Waals surface area contributed by atoms with Gasteiger partial charge in [0.25, 0.3) is 0 Å². The van der Waals surface area contributed by atoms with Gasteiger partial charge in [0.2, 0.25) is 5.91 Å². The van der Waals surface area contributed by atoms with E-state index in [1.807, 2.05) is 12.1 Å². The highest BCUT2D eigenvalue weighted by Gasteiger charge is 2.18. The number of anilines is 1. The molecule has 4 aromatic rings. The number of carbonyl (C=O) groups excluding carboxylic acids is 1. The first kappa shape index (κ1) is 24.6. The van der Waals surface area contributed by atoms with Gasteiger partial charge >= 0.3 is 0 Å². The van der Waals surface area contributed by atoms with Gasteiger partial charge in [-0.2, -0.15) is 0 Å². The zero-order valence-corrected chi connectivity index (χ0v) is 21.6. The monoisotopic (exact) mass is 502 g/mol. The molecular weight excluding hydrogens is 468 g/mol. The van der Waals surface area contributed by atoms with Gasteiger partial charge in [-0.3, -0.25) is 9.78 Å². The number of halogens is 1. The molecular formula is C30H35ClN4O. The van der Waals surface area contributed by atoms with E-state index in [-0.39, 0.29) is 5.91 Å². The number of aryl methyl sites for hydroxylation is 3. The first-order valence-electron chi connectivity index (χ1n) is 13.3. The van der Waals surface area contributed by atoms with Crippen molar-refractivity contribution >= 4 is 45.0 Å². The SMILES string of the molecule is NC(=O)CCCc1cn(CCCCCNc2c3c(nc4cc(Cl)ccc24)CCCC3)c2ccccc12. The molecule has 2 aromatic carbocycles. The van der Waals surface area contributed by atoms with Crippen molar-refractivity contribution in [3.63, 3.8) is 0 Å². The highest BCUT2D eigenvalue weighted by atomic mass is 35.5. The highest BCUT2D eigenvalue weighted by molar-refractivity contribution is 6.31. The molecule has 2 heterocycles. The van der Waals surface area contributed by atoms with Crippen molar-refractivity contribution < 1.29 is 4.79 Å². The topological polar surface area (TPSA) is 72.9 Å². The Morgan fingerprint density at radius 2 is 1.89 bits per heavy atom. The minimum Gasteiger partial charge on any atom is -0.384 e. The van der Waals surface area contributed by atoms with Crippen LogP contribution in [0.3, 0.4) is 0 Å². The molecule has 6 heteroatoms. The second-order valence-corrected chi connectivity index (χ2v) is 10.4. The maximum absolute atomic E-state index is 11.1. The fourth-order valence-electron chi connectivity index (χ4n) is 5.56. The molecule has 5 rings (SSSR count). The van der Waals surface area contributed by atoms with E-state index in [2.05, 4.69) is 46.4 Å². The van der Waals surface area contributed by atoms with Gasteiger partial charge < -0.3 is 15.6 Å². The fraction of sp³-hybridized carbons (Fsp3) is 0.400. The summed E-state index contributed by atoms with van der Waals surface area (Å²) in [7, 11) is 0. The lowest BCUT2D eigenvalue weighted by Gasteiger charge is -2.22. The molecule has 2 aromatic heterocycles. The molecule has 0 fully saturated rings. The molecule has 0 atom stereocenters. The molecule has 0 saturated heterocycles. The Balaban J connectivity index is 1.19. The molecule has 5 nitrogen and oxygen atoms in total. The minimum atomic E-state index is -0.226. The smallest absolute Gasteiger partial charge is 0.217 e. The number of fused-ring (bicyclic) bond motifs is 3. The quantitative estimate of drug-likeness (QED) is 0.221. The number of benzene rings is 2. The number of amides is 1. The van der Waals surface area contributed by atoms with E-state index in [9.17, 15) is 4.79 Å². The van der Waals surface area contributed by atoms with Crippen LogP contribution in [0.1, 0.15) is 61.8 Å². The summed E-state index contributed by atoms with van der Waals surface area (Å²) in [5.41, 5.74) is 12.8. The number of hydrogen-bond acceptors (Lipinski definition) is 3. The van der Waals surface area contributed by atoms with Gasteiger partial charge in [0.05, 0.1) is 5.52 Å². The standard InChI is InChI=1S/C30H35ClN4O/c31-22-15-16-25-27(19-22)34-26-12-4-2-11-24(26)30(25)33-17-6-1-7-18-35-20-21(9-8-14-29(32)36)23-10-3-5-13-28(23)35/h3,5,10,13,15-16,19-20H,1-2,4,6-9,11-12,14,17-18H2,(H2,32,36)(H,33,34). The average Bonchev–Trinajstić information content (AvgIpc) is 3.22. The number of para-hydroxylation sites is 1. The molecule has 188 valence electrons. The normalized spacial score (nSPS) is 13.2. The largest absolute Gasteiger partial charge is 0.384 e. The molecule has 1 aliphatic rings. The van der Waals surface area contributed by atoms with Gasteiger partial charge in [0, 0.05) is 58.4 Å². The van der Waals surface area contributed by atoms with Gasteiger partial charge in [-0.05, 0) is 93.2 Å². The zero-order valence-electron chi connectivity index (χ0n) is 20.9. The number of primary amides is 1. The van der Waals surface area contributed by atoms with E-state index < -0.39 is 0 Å². The van der Waals surface area contributed by atoms with Crippen LogP contribution in [0.4, 0.5) is 5.69 Å². The van der Waals surface area contributed by atoms with Crippen LogP contribution in [0.5, 0.6) is 0 Å². The second-order valence-electron chi connectivity index (χ2n) is 9.95. The molecule has 0 saturated carbocycles. The molecule has 0 aliphatic heterocycles. The van der Waals surface area contributed by atoms with Crippen LogP contribution >= 0.6 is 11.6 Å². The van der Waals surface area contributed by atoms with E-state index >= 15 is 0 Å². The molecule has 0 bridgehead atoms. The first-order valence-corrected chi connectivity index (χ1v) is 13.7. The average molecular weight is 503 g/mol. The summed E-state index contributed by atoms with van der Waals surface area (Å²) in [5.74, 6) is -0.226. The lowest BCUT2D eigenvalue weighted by molar-refractivity contribution is -0.118. The Kier molecular flexibility index (Phi) is 7.76. The minimum absolute atomic E-state index is 0.226. The van der Waals surface area contributed by atoms with Gasteiger partial charge in [-0.15, -0.1) is 0 Å². The van der Waals surface area contributed by atoms with E-state index in [1.165, 1.54) is 51.6 Å². The zero-order chi connectivity index (χ0) is 24.9. The maximum atomic E-state index is 11.1. The number of rotatable bonds is 11. The molecule has 36 heavy (non-hydrogen) atoms. The van der Waals surface area contributed by atoms with Crippen molar-refractivity contribution in [3.05, 3.63) is 70.5 Å². The Labute approximate surface area is 218 Å². The third kappa shape index (κ3) is 5.52. The number of carbonyl (C=O) groups is 1. The Morgan fingerprint density at radius 3 is 2.78 bits per heavy atom. The third-order valence-corrected chi connectivity index (χ3v) is 7.58. The number of pyridine rings is 1. The van der Waals surface area contributed by atoms with Crippen LogP contribution in [0, 0.1) is 0 Å². The lowest BCUT2D eigenvalue weighted by Crippen LogP contribution is -2.12. The van der Waals surface area contributed by atoms with E-state index in [4.69, 9.17) is 22.3 Å². The number of hydrogen-bond donors (Lipinski definition) is 2. The summed E-state index contributed by atoms with van der Waals surface area (Å²) in [6.45, 7) is 1.96. The summed E-state index contributed by atoms with van der Waals surface area (Å²) in [5, 5.41) is 6.99. The maximum Gasteiger partial charge on any atom is 0.217 e. The van der Waals surface area contributed by atoms with Crippen molar-refractivity contribution in [2.75, 3.05) is 11.9 Å². The number of nitrogens with zero attached hydrogens (tertiary/aromatic N) is 2. The van der Waals surface area contributed by atoms with Gasteiger partial charge in [-0.25, -0.2) is 0 Å². The fourth-order valence-corrected chi connectivity index (χ4v) is 5.72. The van der Waals surface area contributed by atoms with Crippen LogP contribution in [0.2, 0.25) is 5.02 Å². The van der Waals surface area contributed by atoms with Crippen LogP contribution in [0.25, 0.3) is 21.8 Å². The molecule has 0 spiro atoms. The summed E-state index contributed by atoms with van der Waals surface area (Å²) >= 11 is 6.26. The van der Waals surface area contributed by atoms with Crippen molar-refractivity contribution in [2.24, 2.45) is 5.73 Å². The molecule has 0 radical (unpaired) electrons. The Bertz CT molecular complexity index is 1380. The second kappa shape index (κ2) is 11.3.